The third-order valence-electron chi connectivity index (χ3n) is 3.30. The van der Waals surface area contributed by atoms with Gasteiger partial charge in [0.2, 0.25) is 0 Å². The van der Waals surface area contributed by atoms with Crippen LogP contribution in [0.15, 0.2) is 28.7 Å². The summed E-state index contributed by atoms with van der Waals surface area (Å²) in [7, 11) is 0. The van der Waals surface area contributed by atoms with Gasteiger partial charge in [0.1, 0.15) is 0 Å². The van der Waals surface area contributed by atoms with Gasteiger partial charge in [-0.25, -0.2) is 0 Å². The molecule has 1 aliphatic carbocycles. The largest absolute Gasteiger partial charge is 0.396 e. The van der Waals surface area contributed by atoms with Gasteiger partial charge < -0.3 is 10.4 Å². The summed E-state index contributed by atoms with van der Waals surface area (Å²) in [5.74, 6) is 0. The number of benzene rings is 1. The molecule has 1 aromatic carbocycles. The van der Waals surface area contributed by atoms with Crippen molar-refractivity contribution in [1.82, 2.24) is 5.32 Å². The van der Waals surface area contributed by atoms with Crippen LogP contribution in [-0.2, 0) is 6.42 Å². The molecule has 1 fully saturated rings. The Morgan fingerprint density at radius 2 is 1.94 bits per heavy atom. The molecule has 1 aliphatic rings. The number of hydrogen-bond donors (Lipinski definition) is 2. The summed E-state index contributed by atoms with van der Waals surface area (Å²) in [6, 6.07) is 8.44. The fourth-order valence-corrected chi connectivity index (χ4v) is 2.07. The second-order valence-corrected chi connectivity index (χ2v) is 5.63. The molecule has 3 heteroatoms. The van der Waals surface area contributed by atoms with Gasteiger partial charge >= 0.3 is 0 Å². The van der Waals surface area contributed by atoms with Crippen molar-refractivity contribution in [2.24, 2.45) is 5.41 Å². The highest BCUT2D eigenvalue weighted by Gasteiger charge is 2.41. The van der Waals surface area contributed by atoms with E-state index in [0.29, 0.717) is 6.61 Å². The summed E-state index contributed by atoms with van der Waals surface area (Å²) in [4.78, 5) is 0. The van der Waals surface area contributed by atoms with Crippen LogP contribution < -0.4 is 5.32 Å². The van der Waals surface area contributed by atoms with E-state index in [4.69, 9.17) is 5.11 Å². The topological polar surface area (TPSA) is 32.3 Å². The van der Waals surface area contributed by atoms with Crippen LogP contribution in [0.1, 0.15) is 18.4 Å². The van der Waals surface area contributed by atoms with Crippen LogP contribution in [0.5, 0.6) is 0 Å². The van der Waals surface area contributed by atoms with E-state index in [2.05, 4.69) is 45.5 Å². The van der Waals surface area contributed by atoms with Crippen molar-refractivity contribution in [2.75, 3.05) is 19.7 Å². The predicted octanol–water partition coefficient (Wildman–Crippen LogP) is 2.35. The van der Waals surface area contributed by atoms with E-state index in [0.717, 1.165) is 24.0 Å². The molecule has 0 spiro atoms. The smallest absolute Gasteiger partial charge is 0.0499 e. The third kappa shape index (κ3) is 3.30. The molecule has 2 nitrogen and oxygen atoms in total. The Bertz CT molecular complexity index is 332. The van der Waals surface area contributed by atoms with Gasteiger partial charge in [-0.2, -0.15) is 0 Å². The molecule has 0 aliphatic heterocycles. The summed E-state index contributed by atoms with van der Waals surface area (Å²) in [5, 5.41) is 12.6. The molecule has 0 radical (unpaired) electrons. The molecule has 0 bridgehead atoms. The maximum atomic E-state index is 9.16. The average molecular weight is 284 g/mol. The zero-order valence-corrected chi connectivity index (χ0v) is 11.0. The molecule has 88 valence electrons. The lowest BCUT2D eigenvalue weighted by Gasteiger charge is -2.12. The standard InChI is InChI=1S/C13H18BrNO/c14-12-3-1-11(2-4-12)5-8-15-9-13(10-16)6-7-13/h1-4,15-16H,5-10H2. The Morgan fingerprint density at radius 1 is 1.25 bits per heavy atom. The van der Waals surface area contributed by atoms with Gasteiger partial charge in [0.25, 0.3) is 0 Å². The average Bonchev–Trinajstić information content (AvgIpc) is 3.08. The first kappa shape index (κ1) is 12.1. The number of aliphatic hydroxyl groups excluding tert-OH is 1. The third-order valence-corrected chi connectivity index (χ3v) is 3.82. The van der Waals surface area contributed by atoms with Gasteiger partial charge in [-0.15, -0.1) is 0 Å². The zero-order valence-electron chi connectivity index (χ0n) is 9.38. The number of aliphatic hydroxyl groups is 1. The van der Waals surface area contributed by atoms with Crippen LogP contribution in [-0.4, -0.2) is 24.8 Å². The molecule has 0 unspecified atom stereocenters. The minimum atomic E-state index is 0.222. The first-order valence-electron chi connectivity index (χ1n) is 5.80. The summed E-state index contributed by atoms with van der Waals surface area (Å²) >= 11 is 3.43. The molecular weight excluding hydrogens is 266 g/mol. The highest BCUT2D eigenvalue weighted by molar-refractivity contribution is 9.10. The Morgan fingerprint density at radius 3 is 2.50 bits per heavy atom. The monoisotopic (exact) mass is 283 g/mol. The van der Waals surface area contributed by atoms with E-state index in [1.54, 1.807) is 0 Å². The van der Waals surface area contributed by atoms with Crippen LogP contribution >= 0.6 is 15.9 Å². The van der Waals surface area contributed by atoms with Crippen LogP contribution in [0.4, 0.5) is 0 Å². The Hall–Kier alpha value is -0.380. The first-order valence-corrected chi connectivity index (χ1v) is 6.59. The lowest BCUT2D eigenvalue weighted by molar-refractivity contribution is 0.208. The first-order chi connectivity index (χ1) is 7.74. The Balaban J connectivity index is 1.66. The zero-order chi connectivity index (χ0) is 11.4. The molecule has 0 heterocycles. The van der Waals surface area contributed by atoms with Gasteiger partial charge in [0, 0.05) is 23.0 Å². The van der Waals surface area contributed by atoms with Crippen molar-refractivity contribution in [1.29, 1.82) is 0 Å². The number of halogens is 1. The summed E-state index contributed by atoms with van der Waals surface area (Å²) < 4.78 is 1.13. The lowest BCUT2D eigenvalue weighted by Crippen LogP contribution is -2.28. The normalized spacial score (nSPS) is 17.4. The van der Waals surface area contributed by atoms with Crippen LogP contribution in [0, 0.1) is 5.41 Å². The molecule has 2 rings (SSSR count). The maximum absolute atomic E-state index is 9.16. The van der Waals surface area contributed by atoms with Gasteiger partial charge in [-0.3, -0.25) is 0 Å². The predicted molar refractivity (Wildman–Crippen MR) is 69.5 cm³/mol. The number of nitrogens with one attached hydrogen (secondary N) is 1. The fourth-order valence-electron chi connectivity index (χ4n) is 1.80. The maximum Gasteiger partial charge on any atom is 0.0499 e. The van der Waals surface area contributed by atoms with E-state index in [1.165, 1.54) is 18.4 Å². The molecule has 1 saturated carbocycles. The highest BCUT2D eigenvalue weighted by Crippen LogP contribution is 2.44. The van der Waals surface area contributed by atoms with Gasteiger partial charge in [-0.05, 0) is 43.5 Å². The van der Waals surface area contributed by atoms with Crippen LogP contribution in [0.3, 0.4) is 0 Å². The second-order valence-electron chi connectivity index (χ2n) is 4.71. The molecule has 16 heavy (non-hydrogen) atoms. The quantitative estimate of drug-likeness (QED) is 0.786. The Labute approximate surface area is 105 Å². The second kappa shape index (κ2) is 5.30. The van der Waals surface area contributed by atoms with Crippen molar-refractivity contribution in [3.8, 4) is 0 Å². The van der Waals surface area contributed by atoms with Crippen molar-refractivity contribution < 1.29 is 5.11 Å². The molecule has 1 aromatic rings. The van der Waals surface area contributed by atoms with Crippen molar-refractivity contribution in [3.63, 3.8) is 0 Å². The van der Waals surface area contributed by atoms with E-state index in [-0.39, 0.29) is 5.41 Å². The van der Waals surface area contributed by atoms with Crippen molar-refractivity contribution >= 4 is 15.9 Å². The minimum Gasteiger partial charge on any atom is -0.396 e. The summed E-state index contributed by atoms with van der Waals surface area (Å²) in [5.41, 5.74) is 1.57. The fraction of sp³-hybridized carbons (Fsp3) is 0.538. The van der Waals surface area contributed by atoms with Gasteiger partial charge in [0.15, 0.2) is 0 Å². The van der Waals surface area contributed by atoms with E-state index in [9.17, 15) is 0 Å². The molecule has 0 atom stereocenters. The van der Waals surface area contributed by atoms with Gasteiger partial charge in [-0.1, -0.05) is 28.1 Å². The minimum absolute atomic E-state index is 0.222. The van der Waals surface area contributed by atoms with Crippen LogP contribution in [0.25, 0.3) is 0 Å². The van der Waals surface area contributed by atoms with E-state index in [1.807, 2.05) is 0 Å². The Kier molecular flexibility index (Phi) is 4.00. The van der Waals surface area contributed by atoms with Gasteiger partial charge in [0.05, 0.1) is 0 Å². The molecule has 0 saturated heterocycles. The van der Waals surface area contributed by atoms with E-state index >= 15 is 0 Å². The van der Waals surface area contributed by atoms with Crippen LogP contribution in [0.2, 0.25) is 0 Å². The number of hydrogen-bond acceptors (Lipinski definition) is 2. The summed E-state index contributed by atoms with van der Waals surface area (Å²) in [6.45, 7) is 2.28. The molecule has 2 N–H and O–H groups in total. The van der Waals surface area contributed by atoms with E-state index < -0.39 is 0 Å². The molecular formula is C13H18BrNO. The molecule has 0 amide bonds. The number of rotatable bonds is 6. The van der Waals surface area contributed by atoms with Crippen molar-refractivity contribution in [2.45, 2.75) is 19.3 Å². The SMILES string of the molecule is OCC1(CNCCc2ccc(Br)cc2)CC1. The van der Waals surface area contributed by atoms with Crippen molar-refractivity contribution in [3.05, 3.63) is 34.3 Å². The molecule has 0 aromatic heterocycles. The summed E-state index contributed by atoms with van der Waals surface area (Å²) in [6.07, 6.45) is 3.40. The highest BCUT2D eigenvalue weighted by atomic mass is 79.9. The lowest BCUT2D eigenvalue weighted by atomic mass is 10.1.